The molecule has 8 nitrogen and oxygen atoms in total. The Balaban J connectivity index is 2.02. The van der Waals surface area contributed by atoms with Crippen molar-refractivity contribution in [3.63, 3.8) is 0 Å². The van der Waals surface area contributed by atoms with Gasteiger partial charge in [-0.05, 0) is 6.92 Å². The van der Waals surface area contributed by atoms with E-state index in [1.54, 1.807) is 6.92 Å². The second-order valence-electron chi connectivity index (χ2n) is 4.73. The lowest BCUT2D eigenvalue weighted by molar-refractivity contribution is 0.0354. The number of hydrogen-bond donors (Lipinski definition) is 2. The number of rotatable bonds is 6. The number of carbonyl (C=O) groups is 1. The Morgan fingerprint density at radius 1 is 1.57 bits per heavy atom. The lowest BCUT2D eigenvalue weighted by atomic mass is 10.3. The summed E-state index contributed by atoms with van der Waals surface area (Å²) in [7, 11) is -3.88. The molecule has 1 aromatic heterocycles. The minimum absolute atomic E-state index is 0.260. The molecule has 0 saturated carbocycles. The molecule has 0 amide bonds. The third kappa shape index (κ3) is 4.20. The number of aromatic nitrogens is 1. The molecule has 1 fully saturated rings. The minimum Gasteiger partial charge on any atom is -0.476 e. The molecular weight excluding hydrogens is 318 g/mol. The van der Waals surface area contributed by atoms with Gasteiger partial charge in [-0.2, -0.15) is 0 Å². The van der Waals surface area contributed by atoms with E-state index >= 15 is 0 Å². The summed E-state index contributed by atoms with van der Waals surface area (Å²) in [6.07, 6.45) is 0. The summed E-state index contributed by atoms with van der Waals surface area (Å²) in [6, 6.07) is -0.336. The lowest BCUT2D eigenvalue weighted by Gasteiger charge is -2.29. The van der Waals surface area contributed by atoms with Crippen molar-refractivity contribution >= 4 is 27.3 Å². The molecule has 2 heterocycles. The van der Waals surface area contributed by atoms with Crippen LogP contribution in [-0.4, -0.2) is 68.3 Å². The number of carboxylic acids is 1. The van der Waals surface area contributed by atoms with E-state index in [0.717, 1.165) is 24.4 Å². The zero-order chi connectivity index (χ0) is 15.5. The smallest absolute Gasteiger partial charge is 0.356 e. The van der Waals surface area contributed by atoms with Crippen LogP contribution in [0.15, 0.2) is 9.72 Å². The van der Waals surface area contributed by atoms with Gasteiger partial charge in [0.15, 0.2) is 9.90 Å². The molecule has 2 rings (SSSR count). The predicted octanol–water partition coefficient (Wildman–Crippen LogP) is -0.160. The van der Waals surface area contributed by atoms with Crippen LogP contribution in [0.3, 0.4) is 0 Å². The van der Waals surface area contributed by atoms with Crippen molar-refractivity contribution in [2.45, 2.75) is 17.2 Å². The average molecular weight is 335 g/mol. The number of thiazole rings is 1. The summed E-state index contributed by atoms with van der Waals surface area (Å²) in [5.41, 5.74) is 0.774. The largest absolute Gasteiger partial charge is 0.476 e. The number of ether oxygens (including phenoxy) is 1. The molecule has 0 bridgehead atoms. The summed E-state index contributed by atoms with van der Waals surface area (Å²) in [6.45, 7) is 5.08. The van der Waals surface area contributed by atoms with Crippen molar-refractivity contribution in [1.82, 2.24) is 14.6 Å². The van der Waals surface area contributed by atoms with Crippen LogP contribution in [0.25, 0.3) is 0 Å². The first kappa shape index (κ1) is 16.3. The van der Waals surface area contributed by atoms with Gasteiger partial charge in [0.2, 0.25) is 0 Å². The van der Waals surface area contributed by atoms with Crippen LogP contribution in [0.5, 0.6) is 0 Å². The van der Waals surface area contributed by atoms with Crippen molar-refractivity contribution in [1.29, 1.82) is 0 Å². The standard InChI is InChI=1S/C11H17N3O5S2/c1-8(6-14-2-4-19-5-3-14)13-21(17,18)11-9(10(15)16)12-7-20-11/h7-8,13H,2-6H2,1H3,(H,15,16). The van der Waals surface area contributed by atoms with Gasteiger partial charge < -0.3 is 9.84 Å². The molecule has 2 N–H and O–H groups in total. The van der Waals surface area contributed by atoms with E-state index in [4.69, 9.17) is 9.84 Å². The zero-order valence-electron chi connectivity index (χ0n) is 11.5. The van der Waals surface area contributed by atoms with Crippen molar-refractivity contribution < 1.29 is 23.1 Å². The summed E-state index contributed by atoms with van der Waals surface area (Å²) >= 11 is 0.797. The van der Waals surface area contributed by atoms with E-state index in [1.165, 1.54) is 5.51 Å². The fourth-order valence-electron chi connectivity index (χ4n) is 2.10. The zero-order valence-corrected chi connectivity index (χ0v) is 13.1. The van der Waals surface area contributed by atoms with Crippen LogP contribution in [0.2, 0.25) is 0 Å². The predicted molar refractivity (Wildman–Crippen MR) is 76.1 cm³/mol. The summed E-state index contributed by atoms with van der Waals surface area (Å²) in [4.78, 5) is 16.6. The topological polar surface area (TPSA) is 109 Å². The SMILES string of the molecule is CC(CN1CCOCC1)NS(=O)(=O)c1scnc1C(=O)O. The van der Waals surface area contributed by atoms with Crippen LogP contribution >= 0.6 is 11.3 Å². The fourth-order valence-corrected chi connectivity index (χ4v) is 4.49. The number of hydrogen-bond acceptors (Lipinski definition) is 7. The van der Waals surface area contributed by atoms with E-state index in [9.17, 15) is 13.2 Å². The molecule has 1 atom stereocenters. The molecule has 118 valence electrons. The molecule has 1 saturated heterocycles. The molecular formula is C11H17N3O5S2. The van der Waals surface area contributed by atoms with E-state index in [2.05, 4.69) is 14.6 Å². The van der Waals surface area contributed by atoms with Gasteiger partial charge >= 0.3 is 5.97 Å². The van der Waals surface area contributed by atoms with Gasteiger partial charge in [0.1, 0.15) is 0 Å². The molecule has 1 aromatic rings. The highest BCUT2D eigenvalue weighted by Crippen LogP contribution is 2.20. The van der Waals surface area contributed by atoms with Gasteiger partial charge in [-0.1, -0.05) is 0 Å². The third-order valence-electron chi connectivity index (χ3n) is 2.97. The molecule has 10 heteroatoms. The van der Waals surface area contributed by atoms with Crippen LogP contribution in [0, 0.1) is 0 Å². The molecule has 0 radical (unpaired) electrons. The van der Waals surface area contributed by atoms with Gasteiger partial charge in [-0.15, -0.1) is 11.3 Å². The Labute approximate surface area is 126 Å². The molecule has 0 spiro atoms. The summed E-state index contributed by atoms with van der Waals surface area (Å²) in [5, 5.41) is 8.94. The highest BCUT2D eigenvalue weighted by molar-refractivity contribution is 7.91. The number of carboxylic acid groups (broad SMARTS) is 1. The quantitative estimate of drug-likeness (QED) is 0.743. The first-order valence-electron chi connectivity index (χ1n) is 6.39. The number of sulfonamides is 1. The Hall–Kier alpha value is -1.07. The Kier molecular flexibility index (Phi) is 5.27. The number of nitrogens with one attached hydrogen (secondary N) is 1. The lowest BCUT2D eigenvalue weighted by Crippen LogP contribution is -2.46. The van der Waals surface area contributed by atoms with E-state index in [0.29, 0.717) is 19.8 Å². The number of aromatic carboxylic acids is 1. The Morgan fingerprint density at radius 2 is 2.24 bits per heavy atom. The second-order valence-corrected chi connectivity index (χ2v) is 7.49. The average Bonchev–Trinajstić information content (AvgIpc) is 2.89. The van der Waals surface area contributed by atoms with Gasteiger partial charge in [-0.25, -0.2) is 22.9 Å². The maximum Gasteiger partial charge on any atom is 0.356 e. The van der Waals surface area contributed by atoms with Crippen LogP contribution in [-0.2, 0) is 14.8 Å². The first-order chi connectivity index (χ1) is 9.90. The summed E-state index contributed by atoms with van der Waals surface area (Å²) < 4.78 is 31.9. The molecule has 1 aliphatic rings. The molecule has 21 heavy (non-hydrogen) atoms. The van der Waals surface area contributed by atoms with Gasteiger partial charge in [0.25, 0.3) is 10.0 Å². The van der Waals surface area contributed by atoms with Gasteiger partial charge in [-0.3, -0.25) is 4.90 Å². The highest BCUT2D eigenvalue weighted by atomic mass is 32.2. The fraction of sp³-hybridized carbons (Fsp3) is 0.636. The van der Waals surface area contributed by atoms with Crippen LogP contribution in [0.1, 0.15) is 17.4 Å². The van der Waals surface area contributed by atoms with Gasteiger partial charge in [0.05, 0.1) is 18.7 Å². The van der Waals surface area contributed by atoms with E-state index in [-0.39, 0.29) is 10.3 Å². The highest BCUT2D eigenvalue weighted by Gasteiger charge is 2.27. The van der Waals surface area contributed by atoms with E-state index in [1.807, 2.05) is 0 Å². The van der Waals surface area contributed by atoms with Crippen LogP contribution in [0.4, 0.5) is 0 Å². The van der Waals surface area contributed by atoms with Crippen LogP contribution < -0.4 is 4.72 Å². The molecule has 1 unspecified atom stereocenters. The molecule has 0 aromatic carbocycles. The molecule has 1 aliphatic heterocycles. The van der Waals surface area contributed by atoms with Crippen molar-refractivity contribution in [2.75, 3.05) is 32.8 Å². The number of morpholine rings is 1. The van der Waals surface area contributed by atoms with Crippen molar-refractivity contribution in [3.05, 3.63) is 11.2 Å². The molecule has 0 aliphatic carbocycles. The third-order valence-corrected chi connectivity index (χ3v) is 5.93. The normalized spacial score (nSPS) is 18.5. The van der Waals surface area contributed by atoms with Crippen molar-refractivity contribution in [3.8, 4) is 0 Å². The second kappa shape index (κ2) is 6.79. The Bertz CT molecular complexity index is 595. The van der Waals surface area contributed by atoms with Crippen molar-refractivity contribution in [2.24, 2.45) is 0 Å². The van der Waals surface area contributed by atoms with Gasteiger partial charge in [0, 0.05) is 25.7 Å². The monoisotopic (exact) mass is 335 g/mol. The summed E-state index contributed by atoms with van der Waals surface area (Å²) in [5.74, 6) is -1.35. The minimum atomic E-state index is -3.88. The Morgan fingerprint density at radius 3 is 2.86 bits per heavy atom. The number of nitrogens with zero attached hydrogens (tertiary/aromatic N) is 2. The van der Waals surface area contributed by atoms with E-state index < -0.39 is 21.7 Å². The maximum absolute atomic E-state index is 12.2. The first-order valence-corrected chi connectivity index (χ1v) is 8.75. The maximum atomic E-state index is 12.2.